The molecule has 0 bridgehead atoms. The van der Waals surface area contributed by atoms with Crippen LogP contribution in [0.25, 0.3) is 10.9 Å². The molecule has 3 aromatic rings. The Morgan fingerprint density at radius 3 is 2.35 bits per heavy atom. The van der Waals surface area contributed by atoms with Crippen LogP contribution in [0.5, 0.6) is 0 Å². The quantitative estimate of drug-likeness (QED) is 0.340. The molecule has 1 fully saturated rings. The van der Waals surface area contributed by atoms with Gasteiger partial charge in [-0.1, -0.05) is 54.2 Å². The fraction of sp³-hybridized carbons (Fsp3) is 0.444. The van der Waals surface area contributed by atoms with Gasteiger partial charge in [0, 0.05) is 31.2 Å². The van der Waals surface area contributed by atoms with Gasteiger partial charge in [0.25, 0.3) is 5.56 Å². The van der Waals surface area contributed by atoms with Crippen LogP contribution in [0.15, 0.2) is 64.5 Å². The molecule has 1 N–H and O–H groups in total. The third kappa shape index (κ3) is 5.70. The average Bonchev–Trinajstić information content (AvgIpc) is 3.63. The lowest BCUT2D eigenvalue weighted by atomic mass is 10.1. The van der Waals surface area contributed by atoms with E-state index in [1.807, 2.05) is 54.6 Å². The van der Waals surface area contributed by atoms with Crippen LogP contribution in [0.4, 0.5) is 0 Å². The van der Waals surface area contributed by atoms with Crippen molar-refractivity contribution in [3.05, 3.63) is 70.5 Å². The topological polar surface area (TPSA) is 67.2 Å². The summed E-state index contributed by atoms with van der Waals surface area (Å²) in [7, 11) is 0. The van der Waals surface area contributed by atoms with Gasteiger partial charge in [-0.05, 0) is 58.2 Å². The van der Waals surface area contributed by atoms with Crippen molar-refractivity contribution in [2.75, 3.05) is 6.54 Å². The number of nitrogens with zero attached hydrogens (tertiary/aromatic N) is 3. The fourth-order valence-electron chi connectivity index (χ4n) is 4.27. The van der Waals surface area contributed by atoms with Crippen molar-refractivity contribution < 1.29 is 4.79 Å². The summed E-state index contributed by atoms with van der Waals surface area (Å²) >= 11 is 1.37. The molecule has 180 valence electrons. The van der Waals surface area contributed by atoms with Crippen LogP contribution in [0.2, 0.25) is 0 Å². The second kappa shape index (κ2) is 10.7. The van der Waals surface area contributed by atoms with Gasteiger partial charge in [0.05, 0.1) is 10.9 Å². The lowest BCUT2D eigenvalue weighted by Gasteiger charge is -2.31. The number of carbonyl (C=O) groups excluding carboxylic acids is 1. The molecule has 6 nitrogen and oxygen atoms in total. The van der Waals surface area contributed by atoms with E-state index in [1.165, 1.54) is 11.8 Å². The number of nitrogens with one attached hydrogen (secondary N) is 1. The highest BCUT2D eigenvalue weighted by molar-refractivity contribution is 8.00. The van der Waals surface area contributed by atoms with Crippen molar-refractivity contribution in [2.45, 2.75) is 75.6 Å². The van der Waals surface area contributed by atoms with Crippen molar-refractivity contribution in [3.63, 3.8) is 0 Å². The molecule has 1 atom stereocenters. The minimum atomic E-state index is -0.479. The van der Waals surface area contributed by atoms with Crippen molar-refractivity contribution in [1.29, 1.82) is 0 Å². The Kier molecular flexibility index (Phi) is 7.73. The lowest BCUT2D eigenvalue weighted by molar-refractivity contribution is -0.120. The maximum absolute atomic E-state index is 13.6. The number of benzene rings is 2. The number of aromatic nitrogens is 2. The third-order valence-electron chi connectivity index (χ3n) is 6.22. The minimum Gasteiger partial charge on any atom is -0.352 e. The van der Waals surface area contributed by atoms with E-state index in [0.29, 0.717) is 34.7 Å². The van der Waals surface area contributed by atoms with Crippen molar-refractivity contribution in [2.24, 2.45) is 0 Å². The van der Waals surface area contributed by atoms with Gasteiger partial charge in [-0.3, -0.25) is 19.1 Å². The molecule has 1 amide bonds. The maximum atomic E-state index is 13.6. The molecular weight excluding hydrogens is 444 g/mol. The highest BCUT2D eigenvalue weighted by atomic mass is 32.2. The van der Waals surface area contributed by atoms with E-state index in [0.717, 1.165) is 24.9 Å². The van der Waals surface area contributed by atoms with Gasteiger partial charge < -0.3 is 5.32 Å². The van der Waals surface area contributed by atoms with Crippen LogP contribution in [0.1, 0.15) is 51.3 Å². The first-order valence-corrected chi connectivity index (χ1v) is 13.0. The highest BCUT2D eigenvalue weighted by Gasteiger charge is 2.30. The molecule has 0 saturated heterocycles. The van der Waals surface area contributed by atoms with Gasteiger partial charge in [-0.25, -0.2) is 4.98 Å². The van der Waals surface area contributed by atoms with E-state index in [2.05, 4.69) is 37.9 Å². The number of thioether (sulfide) groups is 1. The second-order valence-electron chi connectivity index (χ2n) is 9.49. The molecule has 1 aliphatic rings. The van der Waals surface area contributed by atoms with Gasteiger partial charge in [0.15, 0.2) is 5.16 Å². The molecule has 34 heavy (non-hydrogen) atoms. The Morgan fingerprint density at radius 1 is 1.06 bits per heavy atom. The Hall–Kier alpha value is -2.64. The van der Waals surface area contributed by atoms with Crippen LogP contribution in [-0.4, -0.2) is 45.0 Å². The highest BCUT2D eigenvalue weighted by Crippen LogP contribution is 2.35. The number of rotatable bonds is 10. The SMILES string of the molecule is CC(C)N(CCn1c(SC(C(=O)NC2CC2)c2ccccc2)nc2ccccc2c1=O)C(C)C. The average molecular weight is 479 g/mol. The summed E-state index contributed by atoms with van der Waals surface area (Å²) in [6.45, 7) is 9.93. The fourth-order valence-corrected chi connectivity index (χ4v) is 5.41. The normalized spacial score (nSPS) is 14.8. The maximum Gasteiger partial charge on any atom is 0.262 e. The Labute approximate surface area is 205 Å². The van der Waals surface area contributed by atoms with Crippen molar-refractivity contribution >= 4 is 28.6 Å². The first-order chi connectivity index (χ1) is 16.3. The smallest absolute Gasteiger partial charge is 0.262 e. The summed E-state index contributed by atoms with van der Waals surface area (Å²) in [5.74, 6) is -0.0290. The van der Waals surface area contributed by atoms with Crippen LogP contribution < -0.4 is 10.9 Å². The summed E-state index contributed by atoms with van der Waals surface area (Å²) in [4.78, 5) is 34.1. The zero-order valence-corrected chi connectivity index (χ0v) is 21.2. The number of para-hydroxylation sites is 1. The first kappa shape index (κ1) is 24.5. The first-order valence-electron chi connectivity index (χ1n) is 12.1. The number of fused-ring (bicyclic) bond motifs is 1. The van der Waals surface area contributed by atoms with E-state index >= 15 is 0 Å². The van der Waals surface area contributed by atoms with E-state index < -0.39 is 5.25 Å². The van der Waals surface area contributed by atoms with Crippen LogP contribution >= 0.6 is 11.8 Å². The van der Waals surface area contributed by atoms with Gasteiger partial charge in [0.1, 0.15) is 5.25 Å². The molecule has 1 aliphatic carbocycles. The Bertz CT molecular complexity index is 1180. The minimum absolute atomic E-state index is 0.0290. The van der Waals surface area contributed by atoms with Gasteiger partial charge in [-0.15, -0.1) is 0 Å². The molecule has 1 heterocycles. The molecule has 1 unspecified atom stereocenters. The van der Waals surface area contributed by atoms with Gasteiger partial charge in [-0.2, -0.15) is 0 Å². The zero-order chi connectivity index (χ0) is 24.2. The molecule has 0 aliphatic heterocycles. The molecule has 0 radical (unpaired) electrons. The predicted molar refractivity (Wildman–Crippen MR) is 139 cm³/mol. The standard InChI is InChI=1S/C27H34N4O2S/c1-18(2)30(19(3)4)16-17-31-26(33)22-12-8-9-13-23(22)29-27(31)34-24(20-10-6-5-7-11-20)25(32)28-21-14-15-21/h5-13,18-19,21,24H,14-17H2,1-4H3,(H,28,32). The van der Waals surface area contributed by atoms with Gasteiger partial charge in [0.2, 0.25) is 5.91 Å². The van der Waals surface area contributed by atoms with E-state index in [4.69, 9.17) is 4.98 Å². The molecule has 1 saturated carbocycles. The van der Waals surface area contributed by atoms with E-state index in [-0.39, 0.29) is 17.5 Å². The van der Waals surface area contributed by atoms with Gasteiger partial charge >= 0.3 is 0 Å². The zero-order valence-electron chi connectivity index (χ0n) is 20.4. The summed E-state index contributed by atoms with van der Waals surface area (Å²) in [5, 5.41) is 3.84. The summed E-state index contributed by atoms with van der Waals surface area (Å²) in [5.41, 5.74) is 1.51. The van der Waals surface area contributed by atoms with E-state index in [1.54, 1.807) is 4.57 Å². The molecular formula is C27H34N4O2S. The molecule has 7 heteroatoms. The van der Waals surface area contributed by atoms with Crippen LogP contribution in [-0.2, 0) is 11.3 Å². The van der Waals surface area contributed by atoms with Crippen LogP contribution in [0.3, 0.4) is 0 Å². The van der Waals surface area contributed by atoms with E-state index in [9.17, 15) is 9.59 Å². The van der Waals surface area contributed by atoms with Crippen molar-refractivity contribution in [1.82, 2.24) is 19.8 Å². The number of hydrogen-bond acceptors (Lipinski definition) is 5. The summed E-state index contributed by atoms with van der Waals surface area (Å²) in [6, 6.07) is 18.2. The number of hydrogen-bond donors (Lipinski definition) is 1. The Balaban J connectivity index is 1.73. The molecule has 2 aromatic carbocycles. The monoisotopic (exact) mass is 478 g/mol. The number of carbonyl (C=O) groups is 1. The number of amides is 1. The molecule has 0 spiro atoms. The van der Waals surface area contributed by atoms with Crippen molar-refractivity contribution in [3.8, 4) is 0 Å². The Morgan fingerprint density at radius 2 is 1.71 bits per heavy atom. The summed E-state index contributed by atoms with van der Waals surface area (Å²) in [6.07, 6.45) is 2.05. The predicted octanol–water partition coefficient (Wildman–Crippen LogP) is 4.63. The largest absolute Gasteiger partial charge is 0.352 e. The second-order valence-corrected chi connectivity index (χ2v) is 10.6. The van der Waals surface area contributed by atoms with Crippen LogP contribution in [0, 0.1) is 0 Å². The molecule has 1 aromatic heterocycles. The molecule has 4 rings (SSSR count). The third-order valence-corrected chi connectivity index (χ3v) is 7.47. The summed E-state index contributed by atoms with van der Waals surface area (Å²) < 4.78 is 1.76. The lowest BCUT2D eigenvalue weighted by Crippen LogP contribution is -2.40.